The first-order chi connectivity index (χ1) is 23.2. The third kappa shape index (κ3) is 6.92. The van der Waals surface area contributed by atoms with Crippen molar-refractivity contribution in [3.63, 3.8) is 0 Å². The van der Waals surface area contributed by atoms with Crippen LogP contribution in [0.1, 0.15) is 46.7 Å². The van der Waals surface area contributed by atoms with Crippen molar-refractivity contribution in [1.82, 2.24) is 24.7 Å². The van der Waals surface area contributed by atoms with E-state index in [0.717, 1.165) is 24.1 Å². The third-order valence-corrected chi connectivity index (χ3v) is 9.54. The Hall–Kier alpha value is -4.34. The zero-order valence-corrected chi connectivity index (χ0v) is 26.5. The van der Waals surface area contributed by atoms with Crippen LogP contribution in [-0.2, 0) is 24.9 Å². The number of halogens is 6. The lowest BCUT2D eigenvalue weighted by molar-refractivity contribution is -0.155. The smallest absolute Gasteiger partial charge is 0.416 e. The Morgan fingerprint density at radius 2 is 1.80 bits per heavy atom. The number of hydrogen-bond acceptors (Lipinski definition) is 6. The second kappa shape index (κ2) is 12.2. The summed E-state index contributed by atoms with van der Waals surface area (Å²) in [5, 5.41) is 13.5. The predicted octanol–water partition coefficient (Wildman–Crippen LogP) is 6.80. The number of benzene rings is 2. The van der Waals surface area contributed by atoms with E-state index in [1.54, 1.807) is 12.1 Å². The van der Waals surface area contributed by atoms with Crippen LogP contribution in [-0.4, -0.2) is 81.8 Å². The average Bonchev–Trinajstić information content (AvgIpc) is 3.63. The summed E-state index contributed by atoms with van der Waals surface area (Å²) in [6.07, 6.45) is -6.69. The van der Waals surface area contributed by atoms with Crippen LogP contribution in [0.15, 0.2) is 54.7 Å². The highest BCUT2D eigenvalue weighted by atomic mass is 19.4. The second-order valence-corrected chi connectivity index (χ2v) is 13.1. The molecule has 1 aliphatic carbocycles. The van der Waals surface area contributed by atoms with Crippen LogP contribution in [0.3, 0.4) is 0 Å². The number of carbonyl (C=O) groups is 1. The number of aromatic amines is 1. The fourth-order valence-corrected chi connectivity index (χ4v) is 6.51. The number of piperazine rings is 1. The van der Waals surface area contributed by atoms with Crippen LogP contribution in [0, 0.1) is 0 Å². The minimum Gasteiger partial charge on any atom is -0.457 e. The zero-order valence-electron chi connectivity index (χ0n) is 26.5. The maximum atomic E-state index is 14.3. The molecule has 7 rings (SSSR count). The van der Waals surface area contributed by atoms with Crippen molar-refractivity contribution < 1.29 is 41.0 Å². The highest BCUT2D eigenvalue weighted by Gasteiger charge is 2.46. The van der Waals surface area contributed by atoms with Crippen LogP contribution >= 0.6 is 0 Å². The summed E-state index contributed by atoms with van der Waals surface area (Å²) in [6.45, 7) is 1.82. The number of ether oxygens (including phenoxy) is 1. The number of anilines is 1. The fraction of sp³-hybridized carbons (Fsp3) is 0.412. The fourth-order valence-electron chi connectivity index (χ4n) is 6.51. The van der Waals surface area contributed by atoms with Crippen molar-refractivity contribution in [2.24, 2.45) is 0 Å². The monoisotopic (exact) mass is 688 g/mol. The van der Waals surface area contributed by atoms with Gasteiger partial charge >= 0.3 is 18.4 Å². The van der Waals surface area contributed by atoms with Crippen molar-refractivity contribution in [3.05, 3.63) is 82.7 Å². The number of nitrogens with zero attached hydrogens (tertiary/aromatic N) is 4. The molecular formula is C34H34F6N6O3. The van der Waals surface area contributed by atoms with Crippen LogP contribution in [0.4, 0.5) is 36.8 Å². The van der Waals surface area contributed by atoms with Gasteiger partial charge in [-0.1, -0.05) is 12.1 Å². The molecule has 3 N–H and O–H groups in total. The number of aromatic nitrogens is 2. The van der Waals surface area contributed by atoms with Crippen molar-refractivity contribution in [2.45, 2.75) is 49.8 Å². The van der Waals surface area contributed by atoms with Gasteiger partial charge in [0.15, 0.2) is 0 Å². The van der Waals surface area contributed by atoms with E-state index < -0.39 is 42.0 Å². The molecule has 4 aromatic rings. The quantitative estimate of drug-likeness (QED) is 0.193. The molecule has 2 amide bonds. The Labute approximate surface area is 277 Å². The lowest BCUT2D eigenvalue weighted by Gasteiger charge is -2.36. The summed E-state index contributed by atoms with van der Waals surface area (Å²) in [5.41, 5.74) is -0.726. The van der Waals surface area contributed by atoms with E-state index in [4.69, 9.17) is 4.74 Å². The summed E-state index contributed by atoms with van der Waals surface area (Å²) in [7, 11) is 1.95. The number of hydrogen-bond donors (Lipinski definition) is 3. The SMILES string of the molecule is CN1CCN(Cc2ccc(NC(=O)N3Cc4cc(Oc5ccnc6[nH]c(C7(O)CC7)cc56)ccc4C(C(F)(F)F)C3)cc2C(F)(F)F)CC1. The Bertz CT molecular complexity index is 1880. The Balaban J connectivity index is 1.11. The standard InChI is InChI=1S/C34H34F6N6O3/c1-44-10-12-45(13-11-44)17-20-2-3-22(15-26(20)33(35,36)37)42-31(47)46-18-21-14-23(4-5-24(21)27(19-46)34(38,39)40)49-28-6-9-41-30-25(28)16-29(43-30)32(48)7-8-32/h2-6,9,14-16,27,48H,7-8,10-13,17-19H2,1H3,(H,41,43)(H,42,47). The normalized spacial score (nSPS) is 19.9. The van der Waals surface area contributed by atoms with E-state index >= 15 is 0 Å². The van der Waals surface area contributed by atoms with Crippen LogP contribution in [0.5, 0.6) is 11.5 Å². The summed E-state index contributed by atoms with van der Waals surface area (Å²) < 4.78 is 91.3. The maximum Gasteiger partial charge on any atom is 0.416 e. The molecule has 1 saturated heterocycles. The number of fused-ring (bicyclic) bond motifs is 2. The third-order valence-electron chi connectivity index (χ3n) is 9.54. The van der Waals surface area contributed by atoms with Gasteiger partial charge in [-0.05, 0) is 73.0 Å². The number of aliphatic hydroxyl groups is 1. The molecule has 1 atom stereocenters. The predicted molar refractivity (Wildman–Crippen MR) is 168 cm³/mol. The topological polar surface area (TPSA) is 97.0 Å². The van der Waals surface area contributed by atoms with Gasteiger partial charge in [-0.3, -0.25) is 4.90 Å². The second-order valence-electron chi connectivity index (χ2n) is 13.1. The molecule has 2 aromatic heterocycles. The molecule has 3 aliphatic rings. The number of carbonyl (C=O) groups excluding carboxylic acids is 1. The van der Waals surface area contributed by atoms with Gasteiger partial charge in [0.1, 0.15) is 22.7 Å². The summed E-state index contributed by atoms with van der Waals surface area (Å²) >= 11 is 0. The minimum atomic E-state index is -4.70. The summed E-state index contributed by atoms with van der Waals surface area (Å²) in [6, 6.07) is 10.0. The lowest BCUT2D eigenvalue weighted by Crippen LogP contribution is -2.44. The number of nitrogens with one attached hydrogen (secondary N) is 2. The number of urea groups is 1. The van der Waals surface area contributed by atoms with Crippen LogP contribution < -0.4 is 10.1 Å². The molecule has 1 saturated carbocycles. The molecule has 2 aliphatic heterocycles. The van der Waals surface area contributed by atoms with Gasteiger partial charge in [0.05, 0.1) is 16.9 Å². The Morgan fingerprint density at radius 1 is 1.04 bits per heavy atom. The van der Waals surface area contributed by atoms with Crippen LogP contribution in [0.2, 0.25) is 0 Å². The number of amides is 2. The van der Waals surface area contributed by atoms with Crippen molar-refractivity contribution in [3.8, 4) is 11.5 Å². The number of likely N-dealkylation sites (N-methyl/N-ethyl adjacent to an activating group) is 1. The zero-order chi connectivity index (χ0) is 34.7. The summed E-state index contributed by atoms with van der Waals surface area (Å²) in [5.74, 6) is -1.44. The van der Waals surface area contributed by atoms with Gasteiger partial charge < -0.3 is 29.9 Å². The van der Waals surface area contributed by atoms with Gasteiger partial charge in [-0.25, -0.2) is 9.78 Å². The Morgan fingerprint density at radius 3 is 2.49 bits per heavy atom. The number of pyridine rings is 1. The van der Waals surface area contributed by atoms with E-state index in [1.807, 2.05) is 11.9 Å². The molecule has 0 bridgehead atoms. The molecule has 49 heavy (non-hydrogen) atoms. The molecule has 260 valence electrons. The van der Waals surface area contributed by atoms with E-state index in [-0.39, 0.29) is 41.2 Å². The largest absolute Gasteiger partial charge is 0.457 e. The molecule has 2 aromatic carbocycles. The van der Waals surface area contributed by atoms with Crippen molar-refractivity contribution in [2.75, 3.05) is 45.1 Å². The highest BCUT2D eigenvalue weighted by Crippen LogP contribution is 2.47. The molecule has 0 radical (unpaired) electrons. The summed E-state index contributed by atoms with van der Waals surface area (Å²) in [4.78, 5) is 25.7. The first kappa shape index (κ1) is 33.2. The molecule has 9 nitrogen and oxygen atoms in total. The molecule has 2 fully saturated rings. The lowest BCUT2D eigenvalue weighted by atomic mass is 9.89. The molecule has 4 heterocycles. The minimum absolute atomic E-state index is 0.0173. The van der Waals surface area contributed by atoms with Gasteiger partial charge in [0, 0.05) is 63.4 Å². The molecule has 0 spiro atoms. The number of alkyl halides is 6. The van der Waals surface area contributed by atoms with Crippen molar-refractivity contribution >= 4 is 22.8 Å². The van der Waals surface area contributed by atoms with Gasteiger partial charge in [-0.15, -0.1) is 0 Å². The number of rotatable bonds is 6. The van der Waals surface area contributed by atoms with Gasteiger partial charge in [0.25, 0.3) is 0 Å². The average molecular weight is 689 g/mol. The maximum absolute atomic E-state index is 14.3. The molecule has 15 heteroatoms. The van der Waals surface area contributed by atoms with Crippen LogP contribution in [0.25, 0.3) is 11.0 Å². The van der Waals surface area contributed by atoms with E-state index in [1.165, 1.54) is 36.5 Å². The first-order valence-corrected chi connectivity index (χ1v) is 15.9. The van der Waals surface area contributed by atoms with Crippen molar-refractivity contribution in [1.29, 1.82) is 0 Å². The first-order valence-electron chi connectivity index (χ1n) is 15.9. The highest BCUT2D eigenvalue weighted by molar-refractivity contribution is 5.90. The number of H-pyrrole nitrogens is 1. The van der Waals surface area contributed by atoms with Gasteiger partial charge in [-0.2, -0.15) is 26.3 Å². The van der Waals surface area contributed by atoms with E-state index in [0.29, 0.717) is 48.4 Å². The molecular weight excluding hydrogens is 654 g/mol. The van der Waals surface area contributed by atoms with Gasteiger partial charge in [0.2, 0.25) is 0 Å². The Kier molecular flexibility index (Phi) is 8.27. The van der Waals surface area contributed by atoms with E-state index in [2.05, 4.69) is 20.2 Å². The van der Waals surface area contributed by atoms with E-state index in [9.17, 15) is 36.2 Å². The molecule has 1 unspecified atom stereocenters.